The summed E-state index contributed by atoms with van der Waals surface area (Å²) in [5, 5.41) is 5.86. The van der Waals surface area contributed by atoms with Crippen LogP contribution in [0.2, 0.25) is 0 Å². The molecule has 0 bridgehead atoms. The quantitative estimate of drug-likeness (QED) is 0.0947. The van der Waals surface area contributed by atoms with Gasteiger partial charge in [-0.1, -0.05) is 72.8 Å². The normalized spacial score (nSPS) is 13.3. The predicted octanol–water partition coefficient (Wildman–Crippen LogP) is 8.61. The molecule has 0 aromatic heterocycles. The molecule has 0 radical (unpaired) electrons. The van der Waals surface area contributed by atoms with E-state index in [0.29, 0.717) is 22.4 Å². The number of carbonyl (C=O) groups is 2. The zero-order valence-electron chi connectivity index (χ0n) is 25.8. The maximum atomic E-state index is 13.9. The van der Waals surface area contributed by atoms with Gasteiger partial charge in [0.05, 0.1) is 6.54 Å². The van der Waals surface area contributed by atoms with Crippen LogP contribution < -0.4 is 20.7 Å². The summed E-state index contributed by atoms with van der Waals surface area (Å²) in [4.78, 5) is 31.3. The Hall–Kier alpha value is -5.78. The number of ether oxygens (including phenoxy) is 1. The van der Waals surface area contributed by atoms with Crippen molar-refractivity contribution in [2.45, 2.75) is 45.1 Å². The van der Waals surface area contributed by atoms with Crippen molar-refractivity contribution in [1.82, 2.24) is 5.32 Å². The summed E-state index contributed by atoms with van der Waals surface area (Å²) in [6.45, 7) is 0.157. The van der Waals surface area contributed by atoms with E-state index in [0.717, 1.165) is 24.8 Å². The van der Waals surface area contributed by atoms with Crippen molar-refractivity contribution in [3.63, 3.8) is 0 Å². The Kier molecular flexibility index (Phi) is 10.6. The Morgan fingerprint density at radius 1 is 0.896 bits per heavy atom. The second-order valence-electron chi connectivity index (χ2n) is 11.1. The molecule has 0 unspecified atom stereocenters. The van der Waals surface area contributed by atoms with Crippen molar-refractivity contribution in [2.24, 2.45) is 15.8 Å². The van der Waals surface area contributed by atoms with Gasteiger partial charge in [-0.3, -0.25) is 9.69 Å². The summed E-state index contributed by atoms with van der Waals surface area (Å²) >= 11 is 0. The number of benzene rings is 4. The van der Waals surface area contributed by atoms with Gasteiger partial charge in [0.2, 0.25) is 5.96 Å². The number of nitrogens with one attached hydrogen (secondary N) is 2. The van der Waals surface area contributed by atoms with Gasteiger partial charge in [0, 0.05) is 23.4 Å². The smallest absolute Gasteiger partial charge is 0.405 e. The molecule has 0 heterocycles. The molecule has 5 rings (SSSR count). The molecule has 246 valence electrons. The molecule has 3 amide bonds. The van der Waals surface area contributed by atoms with E-state index in [9.17, 15) is 22.8 Å². The molecule has 1 aliphatic carbocycles. The number of hydrogen-bond donors (Lipinski definition) is 3. The fourth-order valence-electron chi connectivity index (χ4n) is 5.47. The van der Waals surface area contributed by atoms with E-state index in [1.54, 1.807) is 59.5 Å². The zero-order valence-corrected chi connectivity index (χ0v) is 25.8. The molecule has 9 nitrogen and oxygen atoms in total. The monoisotopic (exact) mass is 654 g/mol. The van der Waals surface area contributed by atoms with Crippen LogP contribution in [0.25, 0.3) is 16.7 Å². The average Bonchev–Trinajstić information content (AvgIpc) is 3.10. The Morgan fingerprint density at radius 3 is 2.25 bits per heavy atom. The largest absolute Gasteiger partial charge is 0.573 e. The van der Waals surface area contributed by atoms with E-state index >= 15 is 0 Å². The van der Waals surface area contributed by atoms with Crippen LogP contribution in [0.4, 0.5) is 23.7 Å². The second kappa shape index (κ2) is 15.2. The van der Waals surface area contributed by atoms with Gasteiger partial charge < -0.3 is 15.8 Å². The molecule has 48 heavy (non-hydrogen) atoms. The number of nitrogens with two attached hydrogens (primary N) is 1. The molecule has 12 heteroatoms. The standard InChI is InChI=1S/C36H33F3N6O3/c37-36(38,39)48-32-13-7-6-12-31(32)30-11-5-4-10-28(30)22-42-35(47)45(29-20-18-26(19-21-29)25-8-2-1-3-9-25)23-24-14-16-27(17-15-24)33(46)43-34(40)44-41/h4-8,10-21,41H,1-3,9,22-23H2,(H,42,47)(H2,40,43,46). The average molecular weight is 655 g/mol. The number of alkyl halides is 3. The Morgan fingerprint density at radius 2 is 1.58 bits per heavy atom. The number of urea groups is 1. The third-order valence-electron chi connectivity index (χ3n) is 7.81. The zero-order chi connectivity index (χ0) is 34.1. The molecule has 0 spiro atoms. The minimum absolute atomic E-state index is 0.0186. The lowest BCUT2D eigenvalue weighted by Gasteiger charge is -2.25. The molecule has 0 aliphatic heterocycles. The van der Waals surface area contributed by atoms with Crippen LogP contribution >= 0.6 is 0 Å². The molecular weight excluding hydrogens is 621 g/mol. The van der Waals surface area contributed by atoms with Crippen molar-refractivity contribution in [3.05, 3.63) is 125 Å². The summed E-state index contributed by atoms with van der Waals surface area (Å²) in [5.74, 6) is -1.46. The number of amides is 3. The van der Waals surface area contributed by atoms with Crippen molar-refractivity contribution in [3.8, 4) is 16.9 Å². The predicted molar refractivity (Wildman–Crippen MR) is 177 cm³/mol. The number of para-hydroxylation sites is 1. The van der Waals surface area contributed by atoms with Crippen molar-refractivity contribution >= 4 is 29.2 Å². The number of allylic oxidation sites excluding steroid dienone is 2. The molecule has 0 atom stereocenters. The van der Waals surface area contributed by atoms with Crippen LogP contribution in [0.3, 0.4) is 0 Å². The Balaban J connectivity index is 1.40. The van der Waals surface area contributed by atoms with Crippen LogP contribution in [0.5, 0.6) is 5.75 Å². The van der Waals surface area contributed by atoms with Gasteiger partial charge in [0.15, 0.2) is 0 Å². The van der Waals surface area contributed by atoms with Gasteiger partial charge >= 0.3 is 12.4 Å². The van der Waals surface area contributed by atoms with Gasteiger partial charge in [-0.25, -0.2) is 10.3 Å². The van der Waals surface area contributed by atoms with Gasteiger partial charge in [-0.15, -0.1) is 18.3 Å². The Bertz CT molecular complexity index is 1840. The van der Waals surface area contributed by atoms with Crippen molar-refractivity contribution in [2.75, 3.05) is 4.90 Å². The summed E-state index contributed by atoms with van der Waals surface area (Å²) in [6, 6.07) is 26.5. The van der Waals surface area contributed by atoms with E-state index in [1.807, 2.05) is 24.3 Å². The highest BCUT2D eigenvalue weighted by Crippen LogP contribution is 2.35. The molecule has 0 saturated carbocycles. The molecule has 4 aromatic carbocycles. The minimum atomic E-state index is -4.87. The number of anilines is 1. The van der Waals surface area contributed by atoms with Crippen LogP contribution in [0, 0.1) is 5.53 Å². The second-order valence-corrected chi connectivity index (χ2v) is 11.1. The highest BCUT2D eigenvalue weighted by molar-refractivity contribution is 6.02. The van der Waals surface area contributed by atoms with E-state index < -0.39 is 24.3 Å². The van der Waals surface area contributed by atoms with Crippen LogP contribution in [0.1, 0.15) is 52.7 Å². The molecular formula is C36H33F3N6O3. The van der Waals surface area contributed by atoms with Crippen LogP contribution in [0.15, 0.2) is 113 Å². The lowest BCUT2D eigenvalue weighted by Crippen LogP contribution is -2.39. The van der Waals surface area contributed by atoms with Gasteiger partial charge in [0.1, 0.15) is 5.75 Å². The molecule has 0 saturated heterocycles. The number of carbonyl (C=O) groups excluding carboxylic acids is 2. The van der Waals surface area contributed by atoms with Gasteiger partial charge in [-0.05, 0) is 83.8 Å². The topological polar surface area (TPSA) is 133 Å². The third kappa shape index (κ3) is 8.72. The van der Waals surface area contributed by atoms with Gasteiger partial charge in [0.25, 0.3) is 5.91 Å². The summed E-state index contributed by atoms with van der Waals surface area (Å²) in [6.07, 6.45) is 1.71. The third-order valence-corrected chi connectivity index (χ3v) is 7.81. The summed E-state index contributed by atoms with van der Waals surface area (Å²) in [7, 11) is 0. The number of guanidine groups is 1. The highest BCUT2D eigenvalue weighted by atomic mass is 19.4. The van der Waals surface area contributed by atoms with Crippen molar-refractivity contribution in [1.29, 1.82) is 5.53 Å². The first kappa shape index (κ1) is 33.6. The number of aliphatic imine (C=N–C) groups is 1. The first-order valence-electron chi connectivity index (χ1n) is 15.2. The van der Waals surface area contributed by atoms with Crippen molar-refractivity contribution < 1.29 is 27.5 Å². The maximum absolute atomic E-state index is 13.9. The maximum Gasteiger partial charge on any atom is 0.573 e. The molecule has 1 aliphatic rings. The fourth-order valence-corrected chi connectivity index (χ4v) is 5.47. The molecule has 0 fully saturated rings. The van der Waals surface area contributed by atoms with E-state index in [-0.39, 0.29) is 30.0 Å². The van der Waals surface area contributed by atoms with E-state index in [1.165, 1.54) is 30.2 Å². The highest BCUT2D eigenvalue weighted by Gasteiger charge is 2.32. The fraction of sp³-hybridized carbons (Fsp3) is 0.194. The van der Waals surface area contributed by atoms with E-state index in [4.69, 9.17) is 11.3 Å². The molecule has 4 aromatic rings. The van der Waals surface area contributed by atoms with Crippen LogP contribution in [-0.2, 0) is 13.1 Å². The lowest BCUT2D eigenvalue weighted by atomic mass is 9.93. The van der Waals surface area contributed by atoms with Gasteiger partial charge in [-0.2, -0.15) is 4.99 Å². The Labute approximate surface area is 275 Å². The summed E-state index contributed by atoms with van der Waals surface area (Å²) < 4.78 is 43.7. The lowest BCUT2D eigenvalue weighted by molar-refractivity contribution is -0.274. The first-order valence-corrected chi connectivity index (χ1v) is 15.2. The first-order chi connectivity index (χ1) is 23.1. The van der Waals surface area contributed by atoms with E-state index in [2.05, 4.69) is 26.2 Å². The molecule has 4 N–H and O–H groups in total. The minimum Gasteiger partial charge on any atom is -0.405 e. The SMILES string of the molecule is N=NC(N)=NC(=O)c1ccc(CN(C(=O)NCc2ccccc2-c2ccccc2OC(F)(F)F)c2ccc(C3=CCCCC3)cc2)cc1. The van der Waals surface area contributed by atoms with Crippen LogP contribution in [-0.4, -0.2) is 24.3 Å². The number of halogens is 3. The summed E-state index contributed by atoms with van der Waals surface area (Å²) in [5.41, 5.74) is 17.5. The number of nitrogens with zero attached hydrogens (tertiary/aromatic N) is 3. The number of hydrogen-bond acceptors (Lipinski definition) is 4. The number of rotatable bonds is 9.